The zero-order chi connectivity index (χ0) is 19.1. The molecule has 3 heterocycles. The number of aryl methyl sites for hydroxylation is 2. The molecule has 0 amide bonds. The van der Waals surface area contributed by atoms with Gasteiger partial charge >= 0.3 is 0 Å². The fraction of sp³-hybridized carbons (Fsp3) is 0.263. The minimum absolute atomic E-state index is 0.177. The summed E-state index contributed by atoms with van der Waals surface area (Å²) >= 11 is 5.31. The van der Waals surface area contributed by atoms with Crippen molar-refractivity contribution >= 4 is 12.2 Å². The van der Waals surface area contributed by atoms with Gasteiger partial charge in [0, 0.05) is 47.9 Å². The highest BCUT2D eigenvalue weighted by Crippen LogP contribution is 2.36. The molecule has 0 spiro atoms. The van der Waals surface area contributed by atoms with Crippen molar-refractivity contribution in [3.63, 3.8) is 0 Å². The third kappa shape index (κ3) is 3.18. The molecular weight excluding hydrogens is 378 g/mol. The molecule has 3 aromatic rings. The molecule has 140 valence electrons. The van der Waals surface area contributed by atoms with Crippen LogP contribution in [0.2, 0.25) is 0 Å². The van der Waals surface area contributed by atoms with Crippen molar-refractivity contribution in [2.45, 2.75) is 31.7 Å². The van der Waals surface area contributed by atoms with E-state index in [9.17, 15) is 17.6 Å². The highest BCUT2D eigenvalue weighted by Gasteiger charge is 2.33. The van der Waals surface area contributed by atoms with Crippen LogP contribution >= 0.6 is 12.2 Å². The zero-order valence-electron chi connectivity index (χ0n) is 14.1. The van der Waals surface area contributed by atoms with Crippen LogP contribution in [-0.4, -0.2) is 14.5 Å². The minimum atomic E-state index is -1.39. The lowest BCUT2D eigenvalue weighted by Gasteiger charge is -2.13. The number of nitrogens with one attached hydrogen (secondary N) is 1. The van der Waals surface area contributed by atoms with Crippen molar-refractivity contribution in [2.75, 3.05) is 0 Å². The summed E-state index contributed by atoms with van der Waals surface area (Å²) in [6.45, 7) is 0.177. The Morgan fingerprint density at radius 1 is 1.07 bits per heavy atom. The molecule has 0 aliphatic carbocycles. The summed E-state index contributed by atoms with van der Waals surface area (Å²) in [7, 11) is 0. The van der Waals surface area contributed by atoms with Gasteiger partial charge in [0.15, 0.2) is 28.0 Å². The molecule has 1 aliphatic heterocycles. The molecule has 8 heteroatoms. The first kappa shape index (κ1) is 17.9. The molecule has 1 aromatic carbocycles. The lowest BCUT2D eigenvalue weighted by atomic mass is 9.94. The number of aromatic amines is 1. The first-order chi connectivity index (χ1) is 13.0. The molecule has 0 bridgehead atoms. The van der Waals surface area contributed by atoms with Crippen molar-refractivity contribution < 1.29 is 17.6 Å². The van der Waals surface area contributed by atoms with Gasteiger partial charge in [-0.2, -0.15) is 0 Å². The van der Waals surface area contributed by atoms with Crippen LogP contribution < -0.4 is 0 Å². The Hall–Kier alpha value is -2.48. The molecule has 1 N–H and O–H groups in total. The maximum absolute atomic E-state index is 14.2. The smallest absolute Gasteiger partial charge is 0.177 e. The largest absolute Gasteiger partial charge is 0.334 e. The van der Waals surface area contributed by atoms with Crippen molar-refractivity contribution in [3.8, 4) is 0 Å². The maximum Gasteiger partial charge on any atom is 0.177 e. The maximum atomic E-state index is 14.2. The summed E-state index contributed by atoms with van der Waals surface area (Å²) in [5, 5.41) is 0. The molecule has 1 aliphatic rings. The van der Waals surface area contributed by atoms with E-state index in [4.69, 9.17) is 12.2 Å². The summed E-state index contributed by atoms with van der Waals surface area (Å²) in [5.74, 6) is -6.15. The average Bonchev–Trinajstić information content (AvgIpc) is 3.20. The number of imidazole rings is 1. The summed E-state index contributed by atoms with van der Waals surface area (Å²) < 4.78 is 57.7. The number of benzene rings is 1. The Bertz CT molecular complexity index is 1030. The van der Waals surface area contributed by atoms with E-state index in [1.165, 1.54) is 0 Å². The van der Waals surface area contributed by atoms with Gasteiger partial charge in [-0.05, 0) is 49.2 Å². The average molecular weight is 393 g/mol. The number of pyridine rings is 1. The standard InChI is InChI=1S/C19H15F4N3S/c20-12-8-13(21)18(23)16(17(12)22)11-7-15-14(25-19(27)26(15)9-11)2-1-10-3-5-24-6-4-10/h3-6,8,11H,1-2,7,9H2,(H,25,27). The first-order valence-corrected chi connectivity index (χ1v) is 8.89. The molecule has 0 saturated carbocycles. The molecule has 1 unspecified atom stereocenters. The summed E-state index contributed by atoms with van der Waals surface area (Å²) in [4.78, 5) is 7.11. The van der Waals surface area contributed by atoms with Crippen molar-refractivity contribution in [1.82, 2.24) is 14.5 Å². The highest BCUT2D eigenvalue weighted by atomic mass is 32.1. The quantitative estimate of drug-likeness (QED) is 0.399. The van der Waals surface area contributed by atoms with E-state index in [0.717, 1.165) is 23.4 Å². The van der Waals surface area contributed by atoms with Gasteiger partial charge in [-0.3, -0.25) is 4.98 Å². The van der Waals surface area contributed by atoms with E-state index in [1.807, 2.05) is 12.1 Å². The number of aromatic nitrogens is 3. The summed E-state index contributed by atoms with van der Waals surface area (Å²) in [6, 6.07) is 4.05. The third-order valence-corrected chi connectivity index (χ3v) is 5.31. The van der Waals surface area contributed by atoms with Crippen LogP contribution in [0.4, 0.5) is 17.6 Å². The van der Waals surface area contributed by atoms with E-state index in [-0.39, 0.29) is 19.0 Å². The molecule has 4 rings (SSSR count). The van der Waals surface area contributed by atoms with E-state index < -0.39 is 34.8 Å². The van der Waals surface area contributed by atoms with Gasteiger partial charge in [0.2, 0.25) is 0 Å². The van der Waals surface area contributed by atoms with E-state index in [1.54, 1.807) is 17.0 Å². The van der Waals surface area contributed by atoms with Crippen molar-refractivity contribution in [3.05, 3.63) is 81.1 Å². The highest BCUT2D eigenvalue weighted by molar-refractivity contribution is 7.71. The fourth-order valence-electron chi connectivity index (χ4n) is 3.67. The Labute approximate surface area is 157 Å². The van der Waals surface area contributed by atoms with Crippen molar-refractivity contribution in [2.24, 2.45) is 0 Å². The van der Waals surface area contributed by atoms with E-state index in [0.29, 0.717) is 11.2 Å². The Morgan fingerprint density at radius 3 is 2.41 bits per heavy atom. The zero-order valence-corrected chi connectivity index (χ0v) is 14.9. The van der Waals surface area contributed by atoms with Crippen LogP contribution in [0.1, 0.15) is 28.4 Å². The van der Waals surface area contributed by atoms with Crippen molar-refractivity contribution in [1.29, 1.82) is 0 Å². The number of nitrogens with zero attached hydrogens (tertiary/aromatic N) is 2. The van der Waals surface area contributed by atoms with Crippen LogP contribution in [0.3, 0.4) is 0 Å². The second-order valence-electron chi connectivity index (χ2n) is 6.60. The topological polar surface area (TPSA) is 33.6 Å². The molecule has 0 saturated heterocycles. The third-order valence-electron chi connectivity index (χ3n) is 4.99. The first-order valence-electron chi connectivity index (χ1n) is 8.48. The second kappa shape index (κ2) is 6.92. The molecule has 0 fully saturated rings. The van der Waals surface area contributed by atoms with Crippen LogP contribution in [0.5, 0.6) is 0 Å². The van der Waals surface area contributed by atoms with Crippen LogP contribution in [-0.2, 0) is 25.8 Å². The molecule has 27 heavy (non-hydrogen) atoms. The number of rotatable bonds is 4. The van der Waals surface area contributed by atoms with E-state index in [2.05, 4.69) is 9.97 Å². The Kier molecular flexibility index (Phi) is 4.59. The number of hydrogen-bond acceptors (Lipinski definition) is 2. The number of hydrogen-bond donors (Lipinski definition) is 1. The van der Waals surface area contributed by atoms with Gasteiger partial charge < -0.3 is 9.55 Å². The fourth-order valence-corrected chi connectivity index (χ4v) is 3.98. The predicted octanol–water partition coefficient (Wildman–Crippen LogP) is 4.62. The van der Waals surface area contributed by atoms with Gasteiger partial charge in [-0.1, -0.05) is 0 Å². The molecule has 0 radical (unpaired) electrons. The Balaban J connectivity index is 1.62. The number of fused-ring (bicyclic) bond motifs is 1. The lowest BCUT2D eigenvalue weighted by Crippen LogP contribution is -2.10. The van der Waals surface area contributed by atoms with Gasteiger partial charge in [0.05, 0.1) is 0 Å². The van der Waals surface area contributed by atoms with E-state index >= 15 is 0 Å². The molecule has 3 nitrogen and oxygen atoms in total. The SMILES string of the molecule is Fc1cc(F)c(F)c(C2Cc3c(CCc4ccncc4)[nH]c(=S)n3C2)c1F. The number of H-pyrrole nitrogens is 1. The molecule has 2 aromatic heterocycles. The van der Waals surface area contributed by atoms with Gasteiger partial charge in [0.1, 0.15) is 0 Å². The number of halogens is 4. The minimum Gasteiger partial charge on any atom is -0.334 e. The summed E-state index contributed by atoms with van der Waals surface area (Å²) in [6.07, 6.45) is 5.08. The normalized spacial score (nSPS) is 15.9. The Morgan fingerprint density at radius 2 is 1.74 bits per heavy atom. The predicted molar refractivity (Wildman–Crippen MR) is 94.0 cm³/mol. The van der Waals surface area contributed by atoms with Crippen LogP contribution in [0.25, 0.3) is 0 Å². The lowest BCUT2D eigenvalue weighted by molar-refractivity contribution is 0.423. The van der Waals surface area contributed by atoms with Gasteiger partial charge in [-0.15, -0.1) is 0 Å². The molecular formula is C19H15F4N3S. The molecule has 1 atom stereocenters. The second-order valence-corrected chi connectivity index (χ2v) is 6.99. The van der Waals surface area contributed by atoms with Gasteiger partial charge in [0.25, 0.3) is 0 Å². The monoisotopic (exact) mass is 393 g/mol. The van der Waals surface area contributed by atoms with Crippen LogP contribution in [0.15, 0.2) is 30.6 Å². The van der Waals surface area contributed by atoms with Gasteiger partial charge in [-0.25, -0.2) is 17.6 Å². The van der Waals surface area contributed by atoms with Crippen LogP contribution in [0, 0.1) is 28.0 Å². The summed E-state index contributed by atoms with van der Waals surface area (Å²) in [5.41, 5.74) is 2.24.